The van der Waals surface area contributed by atoms with Crippen LogP contribution in [-0.4, -0.2) is 20.9 Å². The summed E-state index contributed by atoms with van der Waals surface area (Å²) < 4.78 is 0.633. The van der Waals surface area contributed by atoms with Gasteiger partial charge in [0.05, 0.1) is 6.10 Å². The standard InChI is InChI=1S/C19H29IO2/c1-18-8-7-12(21)9-11(18)3-4-13-14-5-6-16(22)19(14,2)10-15(20)17(13)18/h11-15,17,21H,3-10H2,1-2H3/t11-,12-,13-,14-,15-,17+,18-,19-/m0/s1. The van der Waals surface area contributed by atoms with Gasteiger partial charge < -0.3 is 5.11 Å². The first-order chi connectivity index (χ1) is 10.4. The van der Waals surface area contributed by atoms with E-state index in [0.29, 0.717) is 27.0 Å². The minimum absolute atomic E-state index is 0.0234. The summed E-state index contributed by atoms with van der Waals surface area (Å²) in [5.74, 6) is 3.41. The van der Waals surface area contributed by atoms with Crippen molar-refractivity contribution in [3.05, 3.63) is 0 Å². The number of hydrogen-bond donors (Lipinski definition) is 1. The number of carbonyl (C=O) groups excluding carboxylic acids is 1. The molecule has 0 aliphatic heterocycles. The minimum atomic E-state index is -0.0656. The molecule has 0 amide bonds. The van der Waals surface area contributed by atoms with Crippen LogP contribution < -0.4 is 0 Å². The van der Waals surface area contributed by atoms with Gasteiger partial charge in [0.1, 0.15) is 5.78 Å². The molecule has 0 saturated heterocycles. The van der Waals surface area contributed by atoms with Crippen LogP contribution in [0.15, 0.2) is 0 Å². The molecule has 1 N–H and O–H groups in total. The van der Waals surface area contributed by atoms with Gasteiger partial charge in [-0.15, -0.1) is 0 Å². The predicted octanol–water partition coefficient (Wildman–Crippen LogP) is 4.37. The molecule has 0 aromatic carbocycles. The van der Waals surface area contributed by atoms with Crippen molar-refractivity contribution in [3.8, 4) is 0 Å². The molecule has 0 unspecified atom stereocenters. The number of carbonyl (C=O) groups is 1. The lowest BCUT2D eigenvalue weighted by Crippen LogP contribution is -2.57. The Morgan fingerprint density at radius 3 is 2.73 bits per heavy atom. The number of Topliss-reactive ketones (excluding diaryl/α,β-unsaturated/α-hetero) is 1. The summed E-state index contributed by atoms with van der Waals surface area (Å²) in [6, 6.07) is 0. The third-order valence-corrected chi connectivity index (χ3v) is 9.46. The first-order valence-electron chi connectivity index (χ1n) is 9.21. The van der Waals surface area contributed by atoms with Crippen molar-refractivity contribution in [1.82, 2.24) is 0 Å². The van der Waals surface area contributed by atoms with E-state index in [2.05, 4.69) is 36.4 Å². The quantitative estimate of drug-likeness (QED) is 0.470. The highest BCUT2D eigenvalue weighted by Gasteiger charge is 2.62. The van der Waals surface area contributed by atoms with Crippen LogP contribution in [0.4, 0.5) is 0 Å². The van der Waals surface area contributed by atoms with Crippen molar-refractivity contribution in [1.29, 1.82) is 0 Å². The molecule has 0 heterocycles. The fourth-order valence-electron chi connectivity index (χ4n) is 7.06. The van der Waals surface area contributed by atoms with E-state index in [9.17, 15) is 9.90 Å². The van der Waals surface area contributed by atoms with E-state index >= 15 is 0 Å². The highest BCUT2D eigenvalue weighted by molar-refractivity contribution is 14.1. The zero-order valence-corrected chi connectivity index (χ0v) is 16.0. The third kappa shape index (κ3) is 2.03. The van der Waals surface area contributed by atoms with E-state index in [1.807, 2.05) is 0 Å². The first kappa shape index (κ1) is 15.9. The maximum Gasteiger partial charge on any atom is 0.139 e. The van der Waals surface area contributed by atoms with Gasteiger partial charge in [-0.25, -0.2) is 0 Å². The summed E-state index contributed by atoms with van der Waals surface area (Å²) in [4.78, 5) is 12.5. The summed E-state index contributed by atoms with van der Waals surface area (Å²) >= 11 is 2.68. The van der Waals surface area contributed by atoms with Crippen LogP contribution in [0.5, 0.6) is 0 Å². The summed E-state index contributed by atoms with van der Waals surface area (Å²) in [6.07, 6.45) is 8.77. The predicted molar refractivity (Wildman–Crippen MR) is 95.9 cm³/mol. The van der Waals surface area contributed by atoms with E-state index in [0.717, 1.165) is 43.9 Å². The number of alkyl halides is 1. The molecular formula is C19H29IO2. The number of aliphatic hydroxyl groups is 1. The van der Waals surface area contributed by atoms with Gasteiger partial charge in [0.2, 0.25) is 0 Å². The van der Waals surface area contributed by atoms with Crippen LogP contribution in [-0.2, 0) is 4.79 Å². The molecule has 4 saturated carbocycles. The van der Waals surface area contributed by atoms with Crippen molar-refractivity contribution in [2.75, 3.05) is 0 Å². The van der Waals surface area contributed by atoms with Gasteiger partial charge in [-0.1, -0.05) is 36.4 Å². The lowest BCUT2D eigenvalue weighted by atomic mass is 9.45. The molecule has 22 heavy (non-hydrogen) atoms. The molecular weight excluding hydrogens is 387 g/mol. The van der Waals surface area contributed by atoms with Crippen molar-refractivity contribution in [3.63, 3.8) is 0 Å². The number of aliphatic hydroxyl groups excluding tert-OH is 1. The Hall–Kier alpha value is 0.360. The van der Waals surface area contributed by atoms with Crippen LogP contribution in [0.3, 0.4) is 0 Å². The second kappa shape index (κ2) is 5.18. The van der Waals surface area contributed by atoms with E-state index in [1.54, 1.807) is 0 Å². The molecule has 4 fully saturated rings. The van der Waals surface area contributed by atoms with Gasteiger partial charge in [0.15, 0.2) is 0 Å². The van der Waals surface area contributed by atoms with Crippen LogP contribution in [0.2, 0.25) is 0 Å². The molecule has 4 rings (SSSR count). The third-order valence-electron chi connectivity index (χ3n) is 8.24. The number of halogens is 1. The summed E-state index contributed by atoms with van der Waals surface area (Å²) in [5, 5.41) is 10.1. The fourth-order valence-corrected chi connectivity index (χ4v) is 9.33. The molecule has 8 atom stereocenters. The molecule has 3 heteroatoms. The number of hydrogen-bond acceptors (Lipinski definition) is 2. The Labute approximate surface area is 148 Å². The van der Waals surface area contributed by atoms with Gasteiger partial charge in [-0.2, -0.15) is 0 Å². The minimum Gasteiger partial charge on any atom is -0.393 e. The van der Waals surface area contributed by atoms with E-state index in [-0.39, 0.29) is 11.5 Å². The van der Waals surface area contributed by atoms with Crippen LogP contribution in [0.25, 0.3) is 0 Å². The average Bonchev–Trinajstić information content (AvgIpc) is 2.75. The molecule has 0 spiro atoms. The van der Waals surface area contributed by atoms with Gasteiger partial charge in [-0.3, -0.25) is 4.79 Å². The van der Waals surface area contributed by atoms with Crippen LogP contribution >= 0.6 is 22.6 Å². The second-order valence-electron chi connectivity index (χ2n) is 9.10. The molecule has 0 radical (unpaired) electrons. The van der Waals surface area contributed by atoms with Gasteiger partial charge in [-0.05, 0) is 74.0 Å². The Balaban J connectivity index is 1.69. The molecule has 2 nitrogen and oxygen atoms in total. The lowest BCUT2D eigenvalue weighted by Gasteiger charge is -2.61. The smallest absolute Gasteiger partial charge is 0.139 e. The average molecular weight is 416 g/mol. The highest BCUT2D eigenvalue weighted by atomic mass is 127. The van der Waals surface area contributed by atoms with E-state index < -0.39 is 0 Å². The Bertz CT molecular complexity index is 492. The monoisotopic (exact) mass is 416 g/mol. The van der Waals surface area contributed by atoms with Crippen LogP contribution in [0, 0.1) is 34.5 Å². The SMILES string of the molecule is C[C@]12CC[C@H](O)C[C@@H]1CC[C@@H]1[C@@H]2[C@@H](I)C[C@]2(C)C(=O)CC[C@@H]12. The lowest BCUT2D eigenvalue weighted by molar-refractivity contribution is -0.139. The molecule has 0 bridgehead atoms. The number of ketones is 1. The molecule has 4 aliphatic rings. The van der Waals surface area contributed by atoms with Crippen LogP contribution in [0.1, 0.15) is 65.2 Å². The zero-order valence-electron chi connectivity index (χ0n) is 13.9. The summed E-state index contributed by atoms with van der Waals surface area (Å²) in [7, 11) is 0. The van der Waals surface area contributed by atoms with Gasteiger partial charge in [0.25, 0.3) is 0 Å². The summed E-state index contributed by atoms with van der Waals surface area (Å²) in [6.45, 7) is 4.79. The van der Waals surface area contributed by atoms with Crippen molar-refractivity contribution >= 4 is 28.4 Å². The highest BCUT2D eigenvalue weighted by Crippen LogP contribution is 2.66. The maximum atomic E-state index is 12.5. The Kier molecular flexibility index (Phi) is 3.73. The van der Waals surface area contributed by atoms with Crippen molar-refractivity contribution in [2.45, 2.75) is 75.2 Å². The molecule has 0 aromatic rings. The number of rotatable bonds is 0. The number of fused-ring (bicyclic) bond motifs is 5. The topological polar surface area (TPSA) is 37.3 Å². The largest absolute Gasteiger partial charge is 0.393 e. The second-order valence-corrected chi connectivity index (χ2v) is 10.7. The fraction of sp³-hybridized carbons (Fsp3) is 0.947. The Morgan fingerprint density at radius 2 is 1.95 bits per heavy atom. The van der Waals surface area contributed by atoms with Gasteiger partial charge >= 0.3 is 0 Å². The summed E-state index contributed by atoms with van der Waals surface area (Å²) in [5.41, 5.74) is 0.380. The molecule has 124 valence electrons. The van der Waals surface area contributed by atoms with Crippen molar-refractivity contribution < 1.29 is 9.90 Å². The van der Waals surface area contributed by atoms with E-state index in [4.69, 9.17) is 0 Å². The van der Waals surface area contributed by atoms with Gasteiger partial charge in [0, 0.05) is 15.8 Å². The zero-order chi connectivity index (χ0) is 15.7. The normalized spacial score (nSPS) is 57.9. The van der Waals surface area contributed by atoms with E-state index in [1.165, 1.54) is 19.3 Å². The molecule has 0 aromatic heterocycles. The Morgan fingerprint density at radius 1 is 1.18 bits per heavy atom. The van der Waals surface area contributed by atoms with Crippen molar-refractivity contribution in [2.24, 2.45) is 34.5 Å². The maximum absolute atomic E-state index is 12.5. The molecule has 4 aliphatic carbocycles. The first-order valence-corrected chi connectivity index (χ1v) is 10.5.